The molecule has 4 heteroatoms. The molecule has 0 bridgehead atoms. The molecular weight excluding hydrogens is 172 g/mol. The van der Waals surface area contributed by atoms with Gasteiger partial charge in [0.05, 0.1) is 0 Å². The lowest BCUT2D eigenvalue weighted by molar-refractivity contribution is -0.150. The molecule has 0 radical (unpaired) electrons. The van der Waals surface area contributed by atoms with Crippen molar-refractivity contribution in [3.8, 4) is 0 Å². The monoisotopic (exact) mass is 188 g/mol. The van der Waals surface area contributed by atoms with Crippen LogP contribution in [0.3, 0.4) is 0 Å². The third-order valence-electron chi connectivity index (χ3n) is 2.45. The minimum Gasteiger partial charge on any atom is -0.479 e. The van der Waals surface area contributed by atoms with Crippen LogP contribution in [0.1, 0.15) is 19.3 Å². The van der Waals surface area contributed by atoms with Crippen molar-refractivity contribution in [3.63, 3.8) is 0 Å². The molecule has 76 valence electrons. The van der Waals surface area contributed by atoms with Crippen LogP contribution in [-0.4, -0.2) is 37.5 Å². The van der Waals surface area contributed by atoms with Gasteiger partial charge in [0.15, 0.2) is 6.10 Å². The van der Waals surface area contributed by atoms with Gasteiger partial charge in [0.25, 0.3) is 0 Å². The van der Waals surface area contributed by atoms with Crippen molar-refractivity contribution in [2.75, 3.05) is 20.3 Å². The van der Waals surface area contributed by atoms with Crippen molar-refractivity contribution in [1.82, 2.24) is 0 Å². The van der Waals surface area contributed by atoms with Gasteiger partial charge in [-0.15, -0.1) is 0 Å². The summed E-state index contributed by atoms with van der Waals surface area (Å²) < 4.78 is 10.1. The fourth-order valence-corrected chi connectivity index (χ4v) is 1.58. The van der Waals surface area contributed by atoms with Crippen LogP contribution in [0.2, 0.25) is 0 Å². The highest BCUT2D eigenvalue weighted by molar-refractivity contribution is 5.72. The Morgan fingerprint density at radius 1 is 1.62 bits per heavy atom. The first-order valence-corrected chi connectivity index (χ1v) is 4.57. The molecule has 0 aliphatic carbocycles. The summed E-state index contributed by atoms with van der Waals surface area (Å²) in [6.07, 6.45) is 1.86. The first-order chi connectivity index (χ1) is 6.24. The average molecular weight is 188 g/mol. The summed E-state index contributed by atoms with van der Waals surface area (Å²) in [5.41, 5.74) is 0. The summed E-state index contributed by atoms with van der Waals surface area (Å²) in [6.45, 7) is 1.50. The fraction of sp³-hybridized carbons (Fsp3) is 0.889. The maximum absolute atomic E-state index is 10.6. The molecule has 1 aliphatic heterocycles. The van der Waals surface area contributed by atoms with Gasteiger partial charge in [-0.2, -0.15) is 0 Å². The van der Waals surface area contributed by atoms with E-state index in [0.717, 1.165) is 26.1 Å². The quantitative estimate of drug-likeness (QED) is 0.712. The Hall–Kier alpha value is -0.610. The molecule has 0 amide bonds. The zero-order valence-electron chi connectivity index (χ0n) is 7.86. The number of rotatable bonds is 4. The second-order valence-electron chi connectivity index (χ2n) is 3.35. The Kier molecular flexibility index (Phi) is 4.18. The minimum absolute atomic E-state index is 0.440. The summed E-state index contributed by atoms with van der Waals surface area (Å²) in [5.74, 6) is -0.427. The van der Waals surface area contributed by atoms with E-state index in [-0.39, 0.29) is 0 Å². The SMILES string of the molecule is COC(CC1CCOCC1)C(=O)O. The number of hydrogen-bond acceptors (Lipinski definition) is 3. The molecule has 1 heterocycles. The van der Waals surface area contributed by atoms with Gasteiger partial charge >= 0.3 is 5.97 Å². The predicted molar refractivity (Wildman–Crippen MR) is 46.6 cm³/mol. The van der Waals surface area contributed by atoms with Gasteiger partial charge in [-0.1, -0.05) is 0 Å². The summed E-state index contributed by atoms with van der Waals surface area (Å²) in [6, 6.07) is 0. The van der Waals surface area contributed by atoms with Crippen LogP contribution in [0.5, 0.6) is 0 Å². The number of carboxylic acid groups (broad SMARTS) is 1. The van der Waals surface area contributed by atoms with Crippen molar-refractivity contribution >= 4 is 5.97 Å². The third-order valence-corrected chi connectivity index (χ3v) is 2.45. The molecule has 0 aromatic heterocycles. The predicted octanol–water partition coefficient (Wildman–Crippen LogP) is 0.903. The Labute approximate surface area is 77.8 Å². The standard InChI is InChI=1S/C9H16O4/c1-12-8(9(10)11)6-7-2-4-13-5-3-7/h7-8H,2-6H2,1H3,(H,10,11). The third kappa shape index (κ3) is 3.32. The smallest absolute Gasteiger partial charge is 0.332 e. The van der Waals surface area contributed by atoms with Gasteiger partial charge < -0.3 is 14.6 Å². The van der Waals surface area contributed by atoms with Crippen molar-refractivity contribution < 1.29 is 19.4 Å². The van der Waals surface area contributed by atoms with Crippen molar-refractivity contribution in [3.05, 3.63) is 0 Å². The first kappa shape index (κ1) is 10.5. The van der Waals surface area contributed by atoms with Crippen LogP contribution in [0.25, 0.3) is 0 Å². The average Bonchev–Trinajstić information content (AvgIpc) is 2.15. The van der Waals surface area contributed by atoms with Gasteiger partial charge in [-0.3, -0.25) is 0 Å². The molecule has 0 aromatic rings. The van der Waals surface area contributed by atoms with Gasteiger partial charge in [0.1, 0.15) is 0 Å². The van der Waals surface area contributed by atoms with Gasteiger partial charge in [0, 0.05) is 20.3 Å². The molecule has 0 saturated carbocycles. The Morgan fingerprint density at radius 2 is 2.23 bits per heavy atom. The van der Waals surface area contributed by atoms with Gasteiger partial charge in [0.2, 0.25) is 0 Å². The van der Waals surface area contributed by atoms with Crippen molar-refractivity contribution in [2.24, 2.45) is 5.92 Å². The van der Waals surface area contributed by atoms with E-state index in [4.69, 9.17) is 14.6 Å². The lowest BCUT2D eigenvalue weighted by atomic mass is 9.94. The van der Waals surface area contributed by atoms with Crippen LogP contribution in [0.4, 0.5) is 0 Å². The summed E-state index contributed by atoms with van der Waals surface area (Å²) in [5, 5.41) is 8.75. The number of carbonyl (C=O) groups is 1. The van der Waals surface area contributed by atoms with Gasteiger partial charge in [-0.25, -0.2) is 4.79 Å². The van der Waals surface area contributed by atoms with E-state index < -0.39 is 12.1 Å². The summed E-state index contributed by atoms with van der Waals surface area (Å²) in [4.78, 5) is 10.6. The molecule has 1 N–H and O–H groups in total. The lowest BCUT2D eigenvalue weighted by Crippen LogP contribution is -2.28. The van der Waals surface area contributed by atoms with Gasteiger partial charge in [-0.05, 0) is 25.2 Å². The van der Waals surface area contributed by atoms with Crippen molar-refractivity contribution in [1.29, 1.82) is 0 Å². The highest BCUT2D eigenvalue weighted by Gasteiger charge is 2.23. The Balaban J connectivity index is 2.31. The molecule has 0 spiro atoms. The molecule has 1 rings (SSSR count). The van der Waals surface area contributed by atoms with Crippen LogP contribution < -0.4 is 0 Å². The first-order valence-electron chi connectivity index (χ1n) is 4.57. The van der Waals surface area contributed by atoms with E-state index >= 15 is 0 Å². The van der Waals surface area contributed by atoms with Crippen LogP contribution >= 0.6 is 0 Å². The fourth-order valence-electron chi connectivity index (χ4n) is 1.58. The molecule has 1 saturated heterocycles. The highest BCUT2D eigenvalue weighted by atomic mass is 16.5. The number of carboxylic acids is 1. The number of hydrogen-bond donors (Lipinski definition) is 1. The second kappa shape index (κ2) is 5.19. The van der Waals surface area contributed by atoms with E-state index in [1.807, 2.05) is 0 Å². The summed E-state index contributed by atoms with van der Waals surface area (Å²) >= 11 is 0. The van der Waals surface area contributed by atoms with E-state index in [0.29, 0.717) is 12.3 Å². The maximum Gasteiger partial charge on any atom is 0.332 e. The van der Waals surface area contributed by atoms with Crippen molar-refractivity contribution in [2.45, 2.75) is 25.4 Å². The molecule has 4 nitrogen and oxygen atoms in total. The van der Waals surface area contributed by atoms with E-state index in [9.17, 15) is 4.79 Å². The number of methoxy groups -OCH3 is 1. The number of ether oxygens (including phenoxy) is 2. The molecule has 1 unspecified atom stereocenters. The molecular formula is C9H16O4. The van der Waals surface area contributed by atoms with E-state index in [1.54, 1.807) is 0 Å². The largest absolute Gasteiger partial charge is 0.479 e. The Morgan fingerprint density at radius 3 is 2.69 bits per heavy atom. The zero-order valence-corrected chi connectivity index (χ0v) is 7.86. The van der Waals surface area contributed by atoms with Crippen LogP contribution in [0, 0.1) is 5.92 Å². The molecule has 13 heavy (non-hydrogen) atoms. The minimum atomic E-state index is -0.867. The normalized spacial score (nSPS) is 21.3. The molecule has 1 aliphatic rings. The Bertz CT molecular complexity index is 163. The van der Waals surface area contributed by atoms with Crippen LogP contribution in [0.15, 0.2) is 0 Å². The van der Waals surface area contributed by atoms with Crippen LogP contribution in [-0.2, 0) is 14.3 Å². The maximum atomic E-state index is 10.6. The second-order valence-corrected chi connectivity index (χ2v) is 3.35. The zero-order chi connectivity index (χ0) is 9.68. The molecule has 0 aromatic carbocycles. The molecule has 1 atom stereocenters. The lowest BCUT2D eigenvalue weighted by Gasteiger charge is -2.24. The topological polar surface area (TPSA) is 55.8 Å². The summed E-state index contributed by atoms with van der Waals surface area (Å²) in [7, 11) is 1.44. The van der Waals surface area contributed by atoms with E-state index in [2.05, 4.69) is 0 Å². The number of aliphatic carboxylic acids is 1. The molecule has 1 fully saturated rings. The highest BCUT2D eigenvalue weighted by Crippen LogP contribution is 2.21. The van der Waals surface area contributed by atoms with E-state index in [1.165, 1.54) is 7.11 Å².